The Morgan fingerprint density at radius 3 is 2.65 bits per heavy atom. The highest BCUT2D eigenvalue weighted by Gasteiger charge is 2.12. The zero-order chi connectivity index (χ0) is 14.5. The lowest BCUT2D eigenvalue weighted by atomic mass is 10.2. The second kappa shape index (κ2) is 6.41. The number of aryl methyl sites for hydroxylation is 1. The third-order valence-corrected chi connectivity index (χ3v) is 3.07. The monoisotopic (exact) mass is 274 g/mol. The van der Waals surface area contributed by atoms with Crippen molar-refractivity contribution in [2.75, 3.05) is 17.2 Å². The van der Waals surface area contributed by atoms with Crippen molar-refractivity contribution in [3.8, 4) is 0 Å². The molecule has 5 nitrogen and oxygen atoms in total. The fourth-order valence-corrected chi connectivity index (χ4v) is 2.12. The largest absolute Gasteiger partial charge is 0.469 e. The van der Waals surface area contributed by atoms with E-state index in [-0.39, 0.29) is 6.04 Å². The molecule has 5 heteroatoms. The number of furan rings is 1. The van der Waals surface area contributed by atoms with Crippen molar-refractivity contribution >= 4 is 11.6 Å². The first kappa shape index (κ1) is 14.4. The molecule has 20 heavy (non-hydrogen) atoms. The van der Waals surface area contributed by atoms with Gasteiger partial charge in [0.25, 0.3) is 0 Å². The topological polar surface area (TPSA) is 63.0 Å². The van der Waals surface area contributed by atoms with E-state index in [0.717, 1.165) is 41.7 Å². The number of hydrogen-bond acceptors (Lipinski definition) is 5. The van der Waals surface area contributed by atoms with E-state index in [9.17, 15) is 0 Å². The van der Waals surface area contributed by atoms with Gasteiger partial charge in [-0.3, -0.25) is 0 Å². The third kappa shape index (κ3) is 3.50. The van der Waals surface area contributed by atoms with E-state index in [0.29, 0.717) is 0 Å². The van der Waals surface area contributed by atoms with Crippen molar-refractivity contribution in [3.05, 3.63) is 35.5 Å². The van der Waals surface area contributed by atoms with Crippen LogP contribution in [0.2, 0.25) is 0 Å². The van der Waals surface area contributed by atoms with Crippen LogP contribution in [0.5, 0.6) is 0 Å². The van der Waals surface area contributed by atoms with Crippen LogP contribution in [0.4, 0.5) is 11.6 Å². The number of rotatable bonds is 6. The standard InChI is InChI=1S/C15H22N4O/c1-5-16-14-11(3)15(19-12(4)18-14)17-10(2)9-13-7-6-8-20-13/h6-8,10H,5,9H2,1-4H3,(H2,16,17,18,19). The van der Waals surface area contributed by atoms with Crippen LogP contribution < -0.4 is 10.6 Å². The van der Waals surface area contributed by atoms with Crippen molar-refractivity contribution < 1.29 is 4.42 Å². The smallest absolute Gasteiger partial charge is 0.134 e. The maximum absolute atomic E-state index is 5.37. The summed E-state index contributed by atoms with van der Waals surface area (Å²) in [5.74, 6) is 3.51. The van der Waals surface area contributed by atoms with Gasteiger partial charge in [0.1, 0.15) is 23.2 Å². The molecule has 108 valence electrons. The number of nitrogens with one attached hydrogen (secondary N) is 2. The highest BCUT2D eigenvalue weighted by molar-refractivity contribution is 5.57. The van der Waals surface area contributed by atoms with Crippen molar-refractivity contribution in [1.82, 2.24) is 9.97 Å². The van der Waals surface area contributed by atoms with Crippen molar-refractivity contribution in [3.63, 3.8) is 0 Å². The van der Waals surface area contributed by atoms with Crippen LogP contribution in [0.15, 0.2) is 22.8 Å². The van der Waals surface area contributed by atoms with Gasteiger partial charge < -0.3 is 15.1 Å². The fourth-order valence-electron chi connectivity index (χ4n) is 2.12. The fraction of sp³-hybridized carbons (Fsp3) is 0.467. The predicted molar refractivity (Wildman–Crippen MR) is 81.2 cm³/mol. The normalized spacial score (nSPS) is 12.2. The van der Waals surface area contributed by atoms with Gasteiger partial charge in [-0.15, -0.1) is 0 Å². The summed E-state index contributed by atoms with van der Waals surface area (Å²) in [6.45, 7) is 8.95. The summed E-state index contributed by atoms with van der Waals surface area (Å²) < 4.78 is 5.37. The second-order valence-corrected chi connectivity index (χ2v) is 4.95. The molecule has 0 radical (unpaired) electrons. The van der Waals surface area contributed by atoms with Gasteiger partial charge in [0.2, 0.25) is 0 Å². The number of anilines is 2. The molecule has 0 saturated carbocycles. The van der Waals surface area contributed by atoms with Crippen LogP contribution >= 0.6 is 0 Å². The lowest BCUT2D eigenvalue weighted by Crippen LogP contribution is -2.20. The summed E-state index contributed by atoms with van der Waals surface area (Å²) in [5.41, 5.74) is 1.05. The molecule has 0 spiro atoms. The molecular weight excluding hydrogens is 252 g/mol. The predicted octanol–water partition coefficient (Wildman–Crippen LogP) is 3.16. The summed E-state index contributed by atoms with van der Waals surface area (Å²) in [4.78, 5) is 8.92. The maximum Gasteiger partial charge on any atom is 0.134 e. The quantitative estimate of drug-likeness (QED) is 0.847. The molecule has 0 aliphatic heterocycles. The first-order valence-electron chi connectivity index (χ1n) is 6.98. The van der Waals surface area contributed by atoms with E-state index >= 15 is 0 Å². The van der Waals surface area contributed by atoms with E-state index in [1.54, 1.807) is 6.26 Å². The number of aromatic nitrogens is 2. The van der Waals surface area contributed by atoms with Crippen molar-refractivity contribution in [2.45, 2.75) is 40.2 Å². The summed E-state index contributed by atoms with van der Waals surface area (Å²) in [6, 6.07) is 4.13. The molecule has 0 saturated heterocycles. The summed E-state index contributed by atoms with van der Waals surface area (Å²) in [6.07, 6.45) is 2.53. The van der Waals surface area contributed by atoms with E-state index in [4.69, 9.17) is 4.42 Å². The molecular formula is C15H22N4O. The van der Waals surface area contributed by atoms with Gasteiger partial charge in [-0.1, -0.05) is 0 Å². The zero-order valence-electron chi connectivity index (χ0n) is 12.5. The highest BCUT2D eigenvalue weighted by Crippen LogP contribution is 2.21. The first-order valence-corrected chi connectivity index (χ1v) is 6.98. The van der Waals surface area contributed by atoms with Crippen LogP contribution in [0, 0.1) is 13.8 Å². The van der Waals surface area contributed by atoms with Crippen LogP contribution in [-0.4, -0.2) is 22.6 Å². The Bertz CT molecular complexity index is 551. The van der Waals surface area contributed by atoms with E-state index < -0.39 is 0 Å². The Balaban J connectivity index is 2.11. The van der Waals surface area contributed by atoms with Crippen LogP contribution in [0.3, 0.4) is 0 Å². The summed E-state index contributed by atoms with van der Waals surface area (Å²) in [7, 11) is 0. The highest BCUT2D eigenvalue weighted by atomic mass is 16.3. The summed E-state index contributed by atoms with van der Waals surface area (Å²) >= 11 is 0. The van der Waals surface area contributed by atoms with Gasteiger partial charge in [-0.25, -0.2) is 9.97 Å². The van der Waals surface area contributed by atoms with Gasteiger partial charge in [-0.05, 0) is 39.8 Å². The molecule has 0 fully saturated rings. The molecule has 2 N–H and O–H groups in total. The molecule has 2 heterocycles. The second-order valence-electron chi connectivity index (χ2n) is 4.95. The lowest BCUT2D eigenvalue weighted by Gasteiger charge is -2.17. The van der Waals surface area contributed by atoms with Crippen molar-refractivity contribution in [2.24, 2.45) is 0 Å². The van der Waals surface area contributed by atoms with E-state index in [1.165, 1.54) is 0 Å². The molecule has 0 aromatic carbocycles. The third-order valence-electron chi connectivity index (χ3n) is 3.07. The van der Waals surface area contributed by atoms with E-state index in [2.05, 4.69) is 34.4 Å². The Labute approximate surface area is 119 Å². The van der Waals surface area contributed by atoms with Crippen LogP contribution in [0.25, 0.3) is 0 Å². The molecule has 0 aliphatic carbocycles. The number of hydrogen-bond donors (Lipinski definition) is 2. The van der Waals surface area contributed by atoms with Gasteiger partial charge in [0, 0.05) is 24.6 Å². The van der Waals surface area contributed by atoms with Gasteiger partial charge in [-0.2, -0.15) is 0 Å². The Kier molecular flexibility index (Phi) is 4.61. The molecule has 1 atom stereocenters. The first-order chi connectivity index (χ1) is 9.60. The van der Waals surface area contributed by atoms with E-state index in [1.807, 2.05) is 26.0 Å². The SMILES string of the molecule is CCNc1nc(C)nc(NC(C)Cc2ccco2)c1C. The minimum absolute atomic E-state index is 0.239. The molecule has 0 amide bonds. The Morgan fingerprint density at radius 2 is 2.00 bits per heavy atom. The lowest BCUT2D eigenvalue weighted by molar-refractivity contribution is 0.497. The minimum Gasteiger partial charge on any atom is -0.469 e. The average Bonchev–Trinajstić information content (AvgIpc) is 2.88. The minimum atomic E-state index is 0.239. The molecule has 2 aromatic rings. The van der Waals surface area contributed by atoms with Crippen LogP contribution in [0.1, 0.15) is 31.0 Å². The van der Waals surface area contributed by atoms with Gasteiger partial charge in [0.15, 0.2) is 0 Å². The molecule has 1 unspecified atom stereocenters. The van der Waals surface area contributed by atoms with Crippen LogP contribution in [-0.2, 0) is 6.42 Å². The summed E-state index contributed by atoms with van der Waals surface area (Å²) in [5, 5.41) is 6.70. The zero-order valence-corrected chi connectivity index (χ0v) is 12.5. The Hall–Kier alpha value is -2.04. The average molecular weight is 274 g/mol. The van der Waals surface area contributed by atoms with Gasteiger partial charge >= 0.3 is 0 Å². The number of nitrogens with zero attached hydrogens (tertiary/aromatic N) is 2. The maximum atomic E-state index is 5.37. The molecule has 2 rings (SSSR count). The molecule has 0 bridgehead atoms. The molecule has 0 aliphatic rings. The Morgan fingerprint density at radius 1 is 1.25 bits per heavy atom. The van der Waals surface area contributed by atoms with Crippen molar-refractivity contribution in [1.29, 1.82) is 0 Å². The van der Waals surface area contributed by atoms with Gasteiger partial charge in [0.05, 0.1) is 6.26 Å². The molecule has 2 aromatic heterocycles.